The quantitative estimate of drug-likeness (QED) is 0.661. The van der Waals surface area contributed by atoms with Gasteiger partial charge in [0.05, 0.1) is 12.1 Å². The second kappa shape index (κ2) is 7.46. The molecule has 1 aromatic rings. The standard InChI is InChI=1S/C26H34N2O3/c1-16-4-5-22(17(2)8-16)28-24(30)12-23(25(28)31)27(18(3)29)7-6-26-13-19-9-20(14-26)11-21(10-19)15-26/h4-5,8,19-21,23H,6-7,9-15H2,1-3H3/t19?,20?,21?,23-,26?/m1/s1. The van der Waals surface area contributed by atoms with Crippen LogP contribution in [0.15, 0.2) is 18.2 Å². The molecule has 6 rings (SSSR count). The van der Waals surface area contributed by atoms with E-state index in [9.17, 15) is 14.4 Å². The minimum atomic E-state index is -0.667. The van der Waals surface area contributed by atoms with Crippen LogP contribution in [-0.2, 0) is 14.4 Å². The van der Waals surface area contributed by atoms with E-state index in [4.69, 9.17) is 0 Å². The molecule has 4 aliphatic carbocycles. The highest BCUT2D eigenvalue weighted by molar-refractivity contribution is 6.23. The second-order valence-corrected chi connectivity index (χ2v) is 11.0. The van der Waals surface area contributed by atoms with E-state index >= 15 is 0 Å². The first-order chi connectivity index (χ1) is 14.7. The molecule has 1 aromatic carbocycles. The first-order valence-electron chi connectivity index (χ1n) is 12.0. The number of rotatable bonds is 5. The molecule has 5 aliphatic rings. The van der Waals surface area contributed by atoms with Crippen molar-refractivity contribution >= 4 is 23.4 Å². The van der Waals surface area contributed by atoms with Gasteiger partial charge in [0.15, 0.2) is 0 Å². The molecule has 5 heteroatoms. The maximum Gasteiger partial charge on any atom is 0.257 e. The lowest BCUT2D eigenvalue weighted by atomic mass is 9.49. The molecule has 0 aromatic heterocycles. The molecular weight excluding hydrogens is 388 g/mol. The smallest absolute Gasteiger partial charge is 0.257 e. The van der Waals surface area contributed by atoms with E-state index in [-0.39, 0.29) is 24.1 Å². The molecular formula is C26H34N2O3. The molecule has 1 heterocycles. The van der Waals surface area contributed by atoms with Crippen molar-refractivity contribution in [3.05, 3.63) is 29.3 Å². The summed E-state index contributed by atoms with van der Waals surface area (Å²) in [4.78, 5) is 41.8. The Labute approximate surface area is 185 Å². The van der Waals surface area contributed by atoms with Crippen LogP contribution >= 0.6 is 0 Å². The van der Waals surface area contributed by atoms with Gasteiger partial charge < -0.3 is 4.90 Å². The second-order valence-electron chi connectivity index (χ2n) is 11.0. The molecule has 5 nitrogen and oxygen atoms in total. The van der Waals surface area contributed by atoms with Gasteiger partial charge in [0.2, 0.25) is 11.8 Å². The van der Waals surface area contributed by atoms with Gasteiger partial charge in [-0.1, -0.05) is 17.7 Å². The van der Waals surface area contributed by atoms with Gasteiger partial charge in [0.25, 0.3) is 5.91 Å². The predicted octanol–water partition coefficient (Wildman–Crippen LogP) is 4.39. The molecule has 3 amide bonds. The number of anilines is 1. The molecule has 0 N–H and O–H groups in total. The lowest BCUT2D eigenvalue weighted by Gasteiger charge is -2.57. The molecule has 166 valence electrons. The summed E-state index contributed by atoms with van der Waals surface area (Å²) in [6.07, 6.45) is 9.12. The number of hydrogen-bond acceptors (Lipinski definition) is 3. The van der Waals surface area contributed by atoms with E-state index in [1.54, 1.807) is 4.90 Å². The topological polar surface area (TPSA) is 57.7 Å². The fraction of sp³-hybridized carbons (Fsp3) is 0.654. The zero-order valence-electron chi connectivity index (χ0n) is 19.0. The molecule has 1 atom stereocenters. The Morgan fingerprint density at radius 1 is 1.06 bits per heavy atom. The van der Waals surface area contributed by atoms with E-state index in [1.165, 1.54) is 50.3 Å². The Hall–Kier alpha value is -2.17. The lowest BCUT2D eigenvalue weighted by Crippen LogP contribution is -2.50. The van der Waals surface area contributed by atoms with E-state index in [2.05, 4.69) is 0 Å². The molecule has 4 bridgehead atoms. The Morgan fingerprint density at radius 2 is 1.68 bits per heavy atom. The van der Waals surface area contributed by atoms with Crippen LogP contribution in [0.4, 0.5) is 5.69 Å². The van der Waals surface area contributed by atoms with Gasteiger partial charge in [-0.2, -0.15) is 0 Å². The van der Waals surface area contributed by atoms with Crippen molar-refractivity contribution in [2.45, 2.75) is 78.2 Å². The molecule has 4 saturated carbocycles. The van der Waals surface area contributed by atoms with Crippen molar-refractivity contribution in [3.8, 4) is 0 Å². The minimum Gasteiger partial charge on any atom is -0.330 e. The number of benzene rings is 1. The van der Waals surface area contributed by atoms with Crippen molar-refractivity contribution in [2.24, 2.45) is 23.2 Å². The van der Waals surface area contributed by atoms with Crippen LogP contribution in [0.2, 0.25) is 0 Å². The highest BCUT2D eigenvalue weighted by Gasteiger charge is 2.51. The summed E-state index contributed by atoms with van der Waals surface area (Å²) >= 11 is 0. The number of aryl methyl sites for hydroxylation is 2. The average Bonchev–Trinajstić information content (AvgIpc) is 2.95. The highest BCUT2D eigenvalue weighted by atomic mass is 16.2. The molecule has 31 heavy (non-hydrogen) atoms. The average molecular weight is 423 g/mol. The SMILES string of the molecule is CC(=O)N(CCC12CC3CC(CC(C3)C1)C2)[C@@H]1CC(=O)N(c2ccc(C)cc2C)C1=O. The predicted molar refractivity (Wildman–Crippen MR) is 119 cm³/mol. The molecule has 0 spiro atoms. The van der Waals surface area contributed by atoms with Crippen LogP contribution in [0.5, 0.6) is 0 Å². The Bertz CT molecular complexity index is 901. The summed E-state index contributed by atoms with van der Waals surface area (Å²) in [6, 6.07) is 5.08. The molecule has 1 saturated heterocycles. The normalized spacial score (nSPS) is 34.0. The number of hydrogen-bond donors (Lipinski definition) is 0. The van der Waals surface area contributed by atoms with Crippen molar-refractivity contribution in [2.75, 3.05) is 11.4 Å². The maximum atomic E-state index is 13.3. The van der Waals surface area contributed by atoms with Gasteiger partial charge in [-0.3, -0.25) is 14.4 Å². The number of amides is 3. The molecule has 0 unspecified atom stereocenters. The van der Waals surface area contributed by atoms with E-state index in [0.29, 0.717) is 17.6 Å². The molecule has 5 fully saturated rings. The number of carbonyl (C=O) groups is 3. The Kier molecular flexibility index (Phi) is 4.98. The van der Waals surface area contributed by atoms with Crippen molar-refractivity contribution < 1.29 is 14.4 Å². The van der Waals surface area contributed by atoms with Gasteiger partial charge in [0, 0.05) is 13.5 Å². The lowest BCUT2D eigenvalue weighted by molar-refractivity contribution is -0.138. The minimum absolute atomic E-state index is 0.0899. The van der Waals surface area contributed by atoms with Crippen LogP contribution in [-0.4, -0.2) is 35.2 Å². The van der Waals surface area contributed by atoms with E-state index in [1.807, 2.05) is 32.0 Å². The van der Waals surface area contributed by atoms with Gasteiger partial charge in [-0.25, -0.2) is 4.90 Å². The van der Waals surface area contributed by atoms with Crippen LogP contribution in [0.1, 0.15) is 69.4 Å². The summed E-state index contributed by atoms with van der Waals surface area (Å²) in [5.41, 5.74) is 3.00. The Balaban J connectivity index is 1.33. The highest BCUT2D eigenvalue weighted by Crippen LogP contribution is 2.61. The summed E-state index contributed by atoms with van der Waals surface area (Å²) in [5, 5.41) is 0. The summed E-state index contributed by atoms with van der Waals surface area (Å²) in [5.74, 6) is 2.05. The van der Waals surface area contributed by atoms with Crippen LogP contribution in [0, 0.1) is 37.0 Å². The molecule has 1 aliphatic heterocycles. The maximum absolute atomic E-state index is 13.3. The summed E-state index contributed by atoms with van der Waals surface area (Å²) < 4.78 is 0. The fourth-order valence-corrected chi connectivity index (χ4v) is 7.66. The van der Waals surface area contributed by atoms with Gasteiger partial charge in [-0.15, -0.1) is 0 Å². The van der Waals surface area contributed by atoms with E-state index in [0.717, 1.165) is 35.3 Å². The molecule has 0 radical (unpaired) electrons. The van der Waals surface area contributed by atoms with E-state index < -0.39 is 6.04 Å². The number of imide groups is 1. The first-order valence-corrected chi connectivity index (χ1v) is 12.0. The van der Waals surface area contributed by atoms with Gasteiger partial charge >= 0.3 is 0 Å². The number of nitrogens with zero attached hydrogens (tertiary/aromatic N) is 2. The first kappa shape index (κ1) is 20.7. The number of carbonyl (C=O) groups excluding carboxylic acids is 3. The van der Waals surface area contributed by atoms with Crippen molar-refractivity contribution in [1.29, 1.82) is 0 Å². The Morgan fingerprint density at radius 3 is 2.23 bits per heavy atom. The third kappa shape index (κ3) is 3.60. The summed E-state index contributed by atoms with van der Waals surface area (Å²) in [7, 11) is 0. The van der Waals surface area contributed by atoms with Gasteiger partial charge in [0.1, 0.15) is 6.04 Å². The third-order valence-electron chi connectivity index (χ3n) is 8.54. The third-order valence-corrected chi connectivity index (χ3v) is 8.54. The van der Waals surface area contributed by atoms with Gasteiger partial charge in [-0.05, 0) is 93.6 Å². The van der Waals surface area contributed by atoms with Crippen LogP contribution in [0.3, 0.4) is 0 Å². The van der Waals surface area contributed by atoms with Crippen molar-refractivity contribution in [1.82, 2.24) is 4.90 Å². The van der Waals surface area contributed by atoms with Crippen molar-refractivity contribution in [3.63, 3.8) is 0 Å². The zero-order chi connectivity index (χ0) is 21.9. The monoisotopic (exact) mass is 422 g/mol. The van der Waals surface area contributed by atoms with Crippen LogP contribution < -0.4 is 4.90 Å². The van der Waals surface area contributed by atoms with Crippen LogP contribution in [0.25, 0.3) is 0 Å². The largest absolute Gasteiger partial charge is 0.330 e. The zero-order valence-corrected chi connectivity index (χ0v) is 19.0. The fourth-order valence-electron chi connectivity index (χ4n) is 7.66. The summed E-state index contributed by atoms with van der Waals surface area (Å²) in [6.45, 7) is 6.05.